The SMILES string of the molecule is Cn1ccc(N2CCC(=O)NCC2=O)n1. The monoisotopic (exact) mass is 208 g/mol. The second kappa shape index (κ2) is 3.72. The molecule has 6 nitrogen and oxygen atoms in total. The molecular formula is C9H12N4O2. The lowest BCUT2D eigenvalue weighted by Crippen LogP contribution is -2.35. The molecule has 1 saturated heterocycles. The summed E-state index contributed by atoms with van der Waals surface area (Å²) < 4.78 is 1.63. The highest BCUT2D eigenvalue weighted by molar-refractivity contribution is 5.98. The number of nitrogens with one attached hydrogen (secondary N) is 1. The van der Waals surface area contributed by atoms with Crippen molar-refractivity contribution in [3.63, 3.8) is 0 Å². The van der Waals surface area contributed by atoms with E-state index in [4.69, 9.17) is 0 Å². The molecule has 15 heavy (non-hydrogen) atoms. The Morgan fingerprint density at radius 1 is 1.47 bits per heavy atom. The van der Waals surface area contributed by atoms with Gasteiger partial charge in [0.2, 0.25) is 11.8 Å². The van der Waals surface area contributed by atoms with Crippen LogP contribution >= 0.6 is 0 Å². The molecular weight excluding hydrogens is 196 g/mol. The van der Waals surface area contributed by atoms with Crippen LogP contribution in [-0.4, -0.2) is 34.7 Å². The summed E-state index contributed by atoms with van der Waals surface area (Å²) in [5, 5.41) is 6.67. The number of carbonyl (C=O) groups excluding carboxylic acids is 2. The summed E-state index contributed by atoms with van der Waals surface area (Å²) in [5.41, 5.74) is 0. The number of carbonyl (C=O) groups is 2. The van der Waals surface area contributed by atoms with Gasteiger partial charge in [-0.2, -0.15) is 5.10 Å². The lowest BCUT2D eigenvalue weighted by atomic mass is 10.4. The highest BCUT2D eigenvalue weighted by atomic mass is 16.2. The van der Waals surface area contributed by atoms with Crippen LogP contribution in [0, 0.1) is 0 Å². The van der Waals surface area contributed by atoms with Gasteiger partial charge in [-0.25, -0.2) is 0 Å². The number of hydrogen-bond acceptors (Lipinski definition) is 3. The first-order chi connectivity index (χ1) is 7.16. The Kier molecular flexibility index (Phi) is 2.40. The summed E-state index contributed by atoms with van der Waals surface area (Å²) in [7, 11) is 1.79. The van der Waals surface area contributed by atoms with E-state index in [0.29, 0.717) is 18.8 Å². The van der Waals surface area contributed by atoms with Gasteiger partial charge in [0.05, 0.1) is 6.54 Å². The molecule has 6 heteroatoms. The average molecular weight is 208 g/mol. The van der Waals surface area contributed by atoms with Crippen molar-refractivity contribution < 1.29 is 9.59 Å². The number of amides is 2. The molecule has 0 unspecified atom stereocenters. The van der Waals surface area contributed by atoms with E-state index in [1.54, 1.807) is 24.0 Å². The normalized spacial score (nSPS) is 17.5. The van der Waals surface area contributed by atoms with E-state index in [9.17, 15) is 9.59 Å². The van der Waals surface area contributed by atoms with E-state index in [-0.39, 0.29) is 18.4 Å². The predicted molar refractivity (Wildman–Crippen MR) is 53.2 cm³/mol. The standard InChI is InChI=1S/C9H12N4O2/c1-12-4-2-7(11-12)13-5-3-8(14)10-6-9(13)15/h2,4H,3,5-6H2,1H3,(H,10,14). The lowest BCUT2D eigenvalue weighted by Gasteiger charge is -2.15. The Balaban J connectivity index is 2.20. The molecule has 2 amide bonds. The number of aromatic nitrogens is 2. The minimum atomic E-state index is -0.125. The summed E-state index contributed by atoms with van der Waals surface area (Å²) >= 11 is 0. The van der Waals surface area contributed by atoms with Crippen LogP contribution < -0.4 is 10.2 Å². The molecule has 2 rings (SSSR count). The first-order valence-corrected chi connectivity index (χ1v) is 4.73. The fourth-order valence-electron chi connectivity index (χ4n) is 1.49. The van der Waals surface area contributed by atoms with E-state index in [1.165, 1.54) is 4.90 Å². The molecule has 0 bridgehead atoms. The van der Waals surface area contributed by atoms with Crippen molar-refractivity contribution in [3.05, 3.63) is 12.3 Å². The first kappa shape index (κ1) is 9.70. The van der Waals surface area contributed by atoms with Gasteiger partial charge in [0.25, 0.3) is 0 Å². The quantitative estimate of drug-likeness (QED) is 0.661. The molecule has 0 aliphatic carbocycles. The van der Waals surface area contributed by atoms with Crippen molar-refractivity contribution in [1.29, 1.82) is 0 Å². The van der Waals surface area contributed by atoms with Crippen LogP contribution in [0.25, 0.3) is 0 Å². The van der Waals surface area contributed by atoms with E-state index >= 15 is 0 Å². The zero-order valence-electron chi connectivity index (χ0n) is 8.43. The van der Waals surface area contributed by atoms with Crippen molar-refractivity contribution >= 4 is 17.6 Å². The van der Waals surface area contributed by atoms with Crippen LogP contribution in [0.1, 0.15) is 6.42 Å². The van der Waals surface area contributed by atoms with Crippen molar-refractivity contribution in [2.75, 3.05) is 18.0 Å². The molecule has 1 aromatic heterocycles. The van der Waals surface area contributed by atoms with Crippen molar-refractivity contribution in [2.45, 2.75) is 6.42 Å². The van der Waals surface area contributed by atoms with E-state index in [2.05, 4.69) is 10.4 Å². The molecule has 1 aliphatic heterocycles. The summed E-state index contributed by atoms with van der Waals surface area (Å²) in [5.74, 6) is 0.375. The van der Waals surface area contributed by atoms with Gasteiger partial charge >= 0.3 is 0 Å². The topological polar surface area (TPSA) is 67.2 Å². The highest BCUT2D eigenvalue weighted by Crippen LogP contribution is 2.11. The van der Waals surface area contributed by atoms with Crippen LogP contribution in [0.4, 0.5) is 5.82 Å². The van der Waals surface area contributed by atoms with Gasteiger partial charge in [0.15, 0.2) is 5.82 Å². The molecule has 80 valence electrons. The third-order valence-electron chi connectivity index (χ3n) is 2.28. The minimum Gasteiger partial charge on any atom is -0.347 e. The maximum atomic E-state index is 11.6. The second-order valence-electron chi connectivity index (χ2n) is 3.42. The number of anilines is 1. The van der Waals surface area contributed by atoms with Gasteiger partial charge in [-0.1, -0.05) is 0 Å². The molecule has 0 radical (unpaired) electrons. The van der Waals surface area contributed by atoms with Crippen molar-refractivity contribution in [1.82, 2.24) is 15.1 Å². The molecule has 0 aromatic carbocycles. The summed E-state index contributed by atoms with van der Waals surface area (Å²) in [6, 6.07) is 1.76. The lowest BCUT2D eigenvalue weighted by molar-refractivity contribution is -0.123. The third-order valence-corrected chi connectivity index (χ3v) is 2.28. The number of rotatable bonds is 1. The number of nitrogens with zero attached hydrogens (tertiary/aromatic N) is 3. The van der Waals surface area contributed by atoms with E-state index in [1.807, 2.05) is 0 Å². The maximum Gasteiger partial charge on any atom is 0.247 e. The Labute approximate surface area is 86.9 Å². The molecule has 0 spiro atoms. The molecule has 0 atom stereocenters. The van der Waals surface area contributed by atoms with Gasteiger partial charge in [-0.15, -0.1) is 0 Å². The van der Waals surface area contributed by atoms with Gasteiger partial charge in [-0.05, 0) is 0 Å². The molecule has 1 N–H and O–H groups in total. The fraction of sp³-hybridized carbons (Fsp3) is 0.444. The first-order valence-electron chi connectivity index (χ1n) is 4.73. The van der Waals surface area contributed by atoms with Gasteiger partial charge in [0.1, 0.15) is 0 Å². The zero-order valence-corrected chi connectivity index (χ0v) is 8.43. The Morgan fingerprint density at radius 2 is 2.27 bits per heavy atom. The van der Waals surface area contributed by atoms with Gasteiger partial charge in [-0.3, -0.25) is 19.2 Å². The summed E-state index contributed by atoms with van der Waals surface area (Å²) in [4.78, 5) is 24.3. The number of aryl methyl sites for hydroxylation is 1. The molecule has 1 fully saturated rings. The van der Waals surface area contributed by atoms with E-state index < -0.39 is 0 Å². The summed E-state index contributed by atoms with van der Waals surface area (Å²) in [6.45, 7) is 0.442. The van der Waals surface area contributed by atoms with Crippen LogP contribution in [0.5, 0.6) is 0 Å². The molecule has 0 saturated carbocycles. The minimum absolute atomic E-state index is 0.0510. The second-order valence-corrected chi connectivity index (χ2v) is 3.42. The number of hydrogen-bond donors (Lipinski definition) is 1. The van der Waals surface area contributed by atoms with Gasteiger partial charge < -0.3 is 5.32 Å². The highest BCUT2D eigenvalue weighted by Gasteiger charge is 2.22. The van der Waals surface area contributed by atoms with Crippen LogP contribution in [0.2, 0.25) is 0 Å². The van der Waals surface area contributed by atoms with Crippen molar-refractivity contribution in [3.8, 4) is 0 Å². The van der Waals surface area contributed by atoms with Crippen LogP contribution in [-0.2, 0) is 16.6 Å². The molecule has 2 heterocycles. The third kappa shape index (κ3) is 1.98. The fourth-order valence-corrected chi connectivity index (χ4v) is 1.49. The predicted octanol–water partition coefficient (Wildman–Crippen LogP) is -0.727. The Hall–Kier alpha value is -1.85. The van der Waals surface area contributed by atoms with Crippen LogP contribution in [0.15, 0.2) is 12.3 Å². The average Bonchev–Trinajstić information content (AvgIpc) is 2.54. The van der Waals surface area contributed by atoms with Crippen molar-refractivity contribution in [2.24, 2.45) is 7.05 Å². The van der Waals surface area contributed by atoms with Gasteiger partial charge in [0, 0.05) is 32.3 Å². The largest absolute Gasteiger partial charge is 0.347 e. The van der Waals surface area contributed by atoms with Crippen LogP contribution in [0.3, 0.4) is 0 Å². The zero-order chi connectivity index (χ0) is 10.8. The summed E-state index contributed by atoms with van der Waals surface area (Å²) in [6.07, 6.45) is 2.09. The molecule has 1 aromatic rings. The Bertz CT molecular complexity index is 399. The van der Waals surface area contributed by atoms with E-state index in [0.717, 1.165) is 0 Å². The Morgan fingerprint density at radius 3 is 2.93 bits per heavy atom. The molecule has 1 aliphatic rings. The smallest absolute Gasteiger partial charge is 0.247 e. The maximum absolute atomic E-state index is 11.6.